The van der Waals surface area contributed by atoms with Crippen molar-refractivity contribution in [2.24, 2.45) is 5.11 Å². The Morgan fingerprint density at radius 3 is 2.90 bits per heavy atom. The molecule has 0 amide bonds. The molecular weight excluding hydrogens is 311 g/mol. The molecule has 4 N–H and O–H groups in total. The lowest BCUT2D eigenvalue weighted by Gasteiger charge is -2.23. The molecule has 4 atom stereocenters. The predicted octanol–water partition coefficient (Wildman–Crippen LogP) is -0.526. The highest BCUT2D eigenvalue weighted by Crippen LogP contribution is 2.39. The van der Waals surface area contributed by atoms with Crippen LogP contribution in [0.4, 0.5) is 10.2 Å². The van der Waals surface area contributed by atoms with Crippen molar-refractivity contribution in [1.82, 2.24) is 9.55 Å². The van der Waals surface area contributed by atoms with Crippen LogP contribution in [0.3, 0.4) is 0 Å². The minimum atomic E-state index is -2.19. The maximum absolute atomic E-state index is 14.1. The van der Waals surface area contributed by atoms with Crippen LogP contribution in [0.25, 0.3) is 10.4 Å². The normalized spacial score (nSPS) is 31.3. The molecule has 0 aromatic carbocycles. The number of nitrogen functional groups attached to an aromatic ring is 1. The van der Waals surface area contributed by atoms with E-state index in [1.165, 1.54) is 6.07 Å². The third-order valence-corrected chi connectivity index (χ3v) is 2.93. The maximum atomic E-state index is 14.1. The molecule has 1 aliphatic rings. The number of hydrogen-bond donors (Lipinski definition) is 3. The monoisotopic (exact) mass is 322 g/mol. The van der Waals surface area contributed by atoms with E-state index in [1.54, 1.807) is 0 Å². The summed E-state index contributed by atoms with van der Waals surface area (Å²) in [5.41, 5.74) is 10.6. The van der Waals surface area contributed by atoms with Crippen LogP contribution in [0.1, 0.15) is 6.23 Å². The number of alkyl halides is 1. The molecule has 1 aliphatic heterocycles. The molecule has 2 heterocycles. The molecule has 2 rings (SSSR count). The fourth-order valence-corrected chi connectivity index (χ4v) is 1.90. The summed E-state index contributed by atoms with van der Waals surface area (Å²) in [6, 6.07) is 1.23. The van der Waals surface area contributed by atoms with Gasteiger partial charge in [-0.2, -0.15) is 4.98 Å². The van der Waals surface area contributed by atoms with Gasteiger partial charge in [-0.3, -0.25) is 4.57 Å². The molecule has 10 nitrogen and oxygen atoms in total. The smallest absolute Gasteiger partial charge is 0.351 e. The second kappa shape index (κ2) is 6.24. The molecule has 1 aromatic rings. The first-order chi connectivity index (χ1) is 9.45. The Morgan fingerprint density at radius 1 is 1.71 bits per heavy atom. The van der Waals surface area contributed by atoms with Crippen molar-refractivity contribution in [3.63, 3.8) is 0 Å². The molecular formula is C9H12ClFN6O4. The van der Waals surface area contributed by atoms with Gasteiger partial charge in [-0.25, -0.2) is 9.18 Å². The number of halogens is 2. The lowest BCUT2D eigenvalue weighted by molar-refractivity contribution is -0.124. The highest BCUT2D eigenvalue weighted by Gasteiger charge is 2.56. The van der Waals surface area contributed by atoms with E-state index in [1.807, 2.05) is 0 Å². The number of rotatable bonds is 3. The summed E-state index contributed by atoms with van der Waals surface area (Å²) in [5.74, 6) is -0.0660. The number of azide groups is 1. The van der Waals surface area contributed by atoms with E-state index in [-0.39, 0.29) is 18.2 Å². The summed E-state index contributed by atoms with van der Waals surface area (Å²) >= 11 is 0. The molecule has 0 saturated carbocycles. The lowest BCUT2D eigenvalue weighted by atomic mass is 10.1. The number of hydrogen-bond acceptors (Lipinski definition) is 7. The van der Waals surface area contributed by atoms with Crippen LogP contribution in [0, 0.1) is 0 Å². The largest absolute Gasteiger partial charge is 0.393 e. The number of aliphatic hydroxyl groups is 2. The van der Waals surface area contributed by atoms with Crippen LogP contribution in [-0.4, -0.2) is 44.4 Å². The summed E-state index contributed by atoms with van der Waals surface area (Å²) in [6.45, 7) is -0.952. The quantitative estimate of drug-likeness (QED) is 0.385. The highest BCUT2D eigenvalue weighted by molar-refractivity contribution is 5.85. The van der Waals surface area contributed by atoms with E-state index >= 15 is 0 Å². The minimum Gasteiger partial charge on any atom is -0.393 e. The van der Waals surface area contributed by atoms with E-state index < -0.39 is 36.5 Å². The van der Waals surface area contributed by atoms with E-state index in [4.69, 9.17) is 16.0 Å². The number of anilines is 1. The predicted molar refractivity (Wildman–Crippen MR) is 70.1 cm³/mol. The van der Waals surface area contributed by atoms with Gasteiger partial charge in [0.25, 0.3) is 0 Å². The van der Waals surface area contributed by atoms with E-state index in [9.17, 15) is 19.4 Å². The van der Waals surface area contributed by atoms with Gasteiger partial charge in [-0.15, -0.1) is 12.4 Å². The lowest BCUT2D eigenvalue weighted by Crippen LogP contribution is -2.43. The first-order valence-electron chi connectivity index (χ1n) is 5.47. The van der Waals surface area contributed by atoms with Gasteiger partial charge in [0, 0.05) is 11.1 Å². The highest BCUT2D eigenvalue weighted by atomic mass is 35.5. The summed E-state index contributed by atoms with van der Waals surface area (Å²) in [5, 5.41) is 22.0. The van der Waals surface area contributed by atoms with Crippen LogP contribution in [0.2, 0.25) is 0 Å². The summed E-state index contributed by atoms with van der Waals surface area (Å²) in [7, 11) is 0. The Balaban J connectivity index is 0.00000220. The molecule has 1 fully saturated rings. The van der Waals surface area contributed by atoms with Crippen molar-refractivity contribution in [2.75, 3.05) is 12.3 Å². The molecule has 1 unspecified atom stereocenters. The van der Waals surface area contributed by atoms with Crippen molar-refractivity contribution < 1.29 is 19.3 Å². The van der Waals surface area contributed by atoms with Crippen molar-refractivity contribution in [3.8, 4) is 0 Å². The summed E-state index contributed by atoms with van der Waals surface area (Å²) < 4.78 is 19.9. The van der Waals surface area contributed by atoms with Crippen molar-refractivity contribution >= 4 is 18.2 Å². The van der Waals surface area contributed by atoms with Gasteiger partial charge >= 0.3 is 5.69 Å². The van der Waals surface area contributed by atoms with Crippen molar-refractivity contribution in [2.45, 2.75) is 24.2 Å². The number of aliphatic hydroxyl groups excluding tert-OH is 2. The average molecular weight is 323 g/mol. The number of nitrogens with two attached hydrogens (primary N) is 1. The van der Waals surface area contributed by atoms with Gasteiger partial charge in [0.2, 0.25) is 5.72 Å². The molecule has 0 bridgehead atoms. The Kier molecular flexibility index (Phi) is 5.10. The van der Waals surface area contributed by atoms with E-state index in [0.717, 1.165) is 10.8 Å². The maximum Gasteiger partial charge on any atom is 0.351 e. The van der Waals surface area contributed by atoms with Gasteiger partial charge in [-0.1, -0.05) is 5.11 Å². The van der Waals surface area contributed by atoms with E-state index in [2.05, 4.69) is 15.0 Å². The van der Waals surface area contributed by atoms with Gasteiger partial charge in [-0.05, 0) is 11.6 Å². The fraction of sp³-hybridized carbons (Fsp3) is 0.556. The Morgan fingerprint density at radius 2 is 2.38 bits per heavy atom. The molecule has 0 radical (unpaired) electrons. The van der Waals surface area contributed by atoms with Crippen LogP contribution >= 0.6 is 12.4 Å². The SMILES string of the molecule is Cl.[N-]=[N+]=N[C@]1(CO)O[C@@H](n2ccc(N)nc2=O)C(F)[C@H]1O. The zero-order valence-electron chi connectivity index (χ0n) is 10.4. The number of ether oxygens (including phenoxy) is 1. The summed E-state index contributed by atoms with van der Waals surface area (Å²) in [6.07, 6.45) is -4.50. The van der Waals surface area contributed by atoms with Crippen molar-refractivity contribution in [3.05, 3.63) is 33.2 Å². The standard InChI is InChI=1S/C9H11FN6O4.ClH/c10-5-6(18)9(3-17,14-15-12)20-7(5)16-2-1-4(11)13-8(16)19;/h1-2,5-7,17-18H,3H2,(H2,11,13,19);1H/t5?,6-,7-,9-;/m1./s1. The number of nitrogens with zero attached hydrogens (tertiary/aromatic N) is 5. The zero-order valence-corrected chi connectivity index (χ0v) is 11.2. The first kappa shape index (κ1) is 17.1. The molecule has 1 saturated heterocycles. The molecule has 1 aromatic heterocycles. The zero-order chi connectivity index (χ0) is 14.9. The molecule has 21 heavy (non-hydrogen) atoms. The van der Waals surface area contributed by atoms with Crippen LogP contribution in [-0.2, 0) is 4.74 Å². The molecule has 12 heteroatoms. The van der Waals surface area contributed by atoms with Crippen LogP contribution in [0.15, 0.2) is 22.2 Å². The third-order valence-electron chi connectivity index (χ3n) is 2.93. The van der Waals surface area contributed by atoms with Gasteiger partial charge in [0.15, 0.2) is 12.4 Å². The second-order valence-corrected chi connectivity index (χ2v) is 4.13. The third kappa shape index (κ3) is 2.77. The topological polar surface area (TPSA) is 159 Å². The Labute approximate surface area is 123 Å². The molecule has 0 spiro atoms. The van der Waals surface area contributed by atoms with Crippen LogP contribution in [0.5, 0.6) is 0 Å². The molecule has 116 valence electrons. The average Bonchev–Trinajstić information content (AvgIpc) is 2.65. The van der Waals surface area contributed by atoms with Crippen LogP contribution < -0.4 is 11.4 Å². The molecule has 0 aliphatic carbocycles. The van der Waals surface area contributed by atoms with E-state index in [0.29, 0.717) is 0 Å². The second-order valence-electron chi connectivity index (χ2n) is 4.13. The number of aromatic nitrogens is 2. The first-order valence-corrected chi connectivity index (χ1v) is 5.47. The van der Waals surface area contributed by atoms with Gasteiger partial charge in [0.1, 0.15) is 11.9 Å². The Bertz CT molecular complexity index is 623. The Hall–Kier alpha value is -1.91. The van der Waals surface area contributed by atoms with Crippen molar-refractivity contribution in [1.29, 1.82) is 0 Å². The van der Waals surface area contributed by atoms with Gasteiger partial charge in [0.05, 0.1) is 6.61 Å². The minimum absolute atomic E-state index is 0. The van der Waals surface area contributed by atoms with Gasteiger partial charge < -0.3 is 20.7 Å². The summed E-state index contributed by atoms with van der Waals surface area (Å²) in [4.78, 5) is 17.4. The fourth-order valence-electron chi connectivity index (χ4n) is 1.90.